The third-order valence-electron chi connectivity index (χ3n) is 6.13. The first-order valence-electron chi connectivity index (χ1n) is 12.3. The van der Waals surface area contributed by atoms with Gasteiger partial charge in [-0.15, -0.1) is 0 Å². The van der Waals surface area contributed by atoms with Crippen molar-refractivity contribution in [1.29, 1.82) is 0 Å². The molecule has 1 N–H and O–H groups in total. The van der Waals surface area contributed by atoms with E-state index in [-0.39, 0.29) is 18.4 Å². The first-order chi connectivity index (χ1) is 18.2. The summed E-state index contributed by atoms with van der Waals surface area (Å²) in [6.45, 7) is 10.1. The fourth-order valence-electron chi connectivity index (χ4n) is 3.91. The van der Waals surface area contributed by atoms with E-state index < -0.39 is 0 Å². The quantitative estimate of drug-likeness (QED) is 0.249. The van der Waals surface area contributed by atoms with Crippen molar-refractivity contribution < 1.29 is 19.1 Å². The van der Waals surface area contributed by atoms with E-state index in [1.54, 1.807) is 23.1 Å². The minimum Gasteiger partial charge on any atom is -0.490 e. The molecule has 1 heterocycles. The van der Waals surface area contributed by atoms with Gasteiger partial charge in [0.2, 0.25) is 0 Å². The molecule has 0 unspecified atom stereocenters. The summed E-state index contributed by atoms with van der Waals surface area (Å²) in [7, 11) is 0. The van der Waals surface area contributed by atoms with Crippen molar-refractivity contribution in [3.63, 3.8) is 0 Å². The summed E-state index contributed by atoms with van der Waals surface area (Å²) in [5.41, 5.74) is 6.58. The van der Waals surface area contributed by atoms with Gasteiger partial charge in [-0.1, -0.05) is 48.2 Å². The summed E-state index contributed by atoms with van der Waals surface area (Å²) < 4.78 is 12.1. The molecule has 0 saturated carbocycles. The van der Waals surface area contributed by atoms with Crippen LogP contribution < -0.4 is 19.7 Å². The minimum atomic E-state index is -0.264. The van der Waals surface area contributed by atoms with Crippen molar-refractivity contribution in [2.45, 2.75) is 34.6 Å². The van der Waals surface area contributed by atoms with E-state index in [0.717, 1.165) is 39.2 Å². The van der Waals surface area contributed by atoms with E-state index in [1.165, 1.54) is 11.8 Å². The number of rotatable bonds is 8. The number of hydrogen-bond acceptors (Lipinski definition) is 6. The third-order valence-corrected chi connectivity index (χ3v) is 7.44. The molecule has 38 heavy (non-hydrogen) atoms. The smallest absolute Gasteiger partial charge is 0.270 e. The number of ether oxygens (including phenoxy) is 2. The van der Waals surface area contributed by atoms with E-state index in [9.17, 15) is 9.59 Å². The normalized spacial score (nSPS) is 14.2. The molecule has 1 fully saturated rings. The Morgan fingerprint density at radius 2 is 1.71 bits per heavy atom. The number of thioether (sulfide) groups is 1. The Bertz CT molecular complexity index is 1450. The molecule has 3 aromatic carbocycles. The molecule has 0 atom stereocenters. The van der Waals surface area contributed by atoms with Gasteiger partial charge in [0.25, 0.3) is 11.8 Å². The fraction of sp³-hybridized carbons (Fsp3) is 0.233. The predicted octanol–water partition coefficient (Wildman–Crippen LogP) is 6.74. The second-order valence-electron chi connectivity index (χ2n) is 9.08. The highest BCUT2D eigenvalue weighted by Crippen LogP contribution is 2.37. The van der Waals surface area contributed by atoms with Crippen molar-refractivity contribution in [3.8, 4) is 11.5 Å². The molecule has 3 aromatic rings. The van der Waals surface area contributed by atoms with Crippen LogP contribution in [0.1, 0.15) is 34.7 Å². The number of anilines is 2. The standard InChI is InChI=1S/C30H30N2O4S2/c1-6-35-26-15-22(10-12-25(26)36-17-28(33)31-24-13-18(2)7-8-20(24)4)16-27-29(34)32(30(37)38-27)23-11-9-19(3)21(5)14-23/h7-16H,6,17H2,1-5H3,(H,31,33)/b27-16-. The average Bonchev–Trinajstić information content (AvgIpc) is 3.15. The van der Waals surface area contributed by atoms with Crippen molar-refractivity contribution >= 4 is 57.6 Å². The van der Waals surface area contributed by atoms with Crippen LogP contribution in [0.4, 0.5) is 11.4 Å². The van der Waals surface area contributed by atoms with E-state index in [1.807, 2.05) is 77.1 Å². The number of thiocarbonyl (C=S) groups is 1. The fourth-order valence-corrected chi connectivity index (χ4v) is 5.21. The Hall–Kier alpha value is -3.62. The summed E-state index contributed by atoms with van der Waals surface area (Å²) in [6, 6.07) is 17.1. The van der Waals surface area contributed by atoms with Gasteiger partial charge < -0.3 is 14.8 Å². The number of carbonyl (C=O) groups is 2. The molecule has 8 heteroatoms. The van der Waals surface area contributed by atoms with Crippen LogP contribution in [0.15, 0.2) is 59.5 Å². The molecule has 1 saturated heterocycles. The second kappa shape index (κ2) is 11.8. The van der Waals surface area contributed by atoms with E-state index in [0.29, 0.717) is 27.3 Å². The summed E-state index contributed by atoms with van der Waals surface area (Å²) in [6.07, 6.45) is 1.79. The highest BCUT2D eigenvalue weighted by Gasteiger charge is 2.33. The maximum Gasteiger partial charge on any atom is 0.270 e. The molecule has 0 aromatic heterocycles. The van der Waals surface area contributed by atoms with Gasteiger partial charge in [-0.3, -0.25) is 14.5 Å². The van der Waals surface area contributed by atoms with Gasteiger partial charge in [0.15, 0.2) is 22.4 Å². The van der Waals surface area contributed by atoms with Crippen LogP contribution in [-0.2, 0) is 9.59 Å². The Kier molecular flexibility index (Phi) is 8.54. The highest BCUT2D eigenvalue weighted by atomic mass is 32.2. The van der Waals surface area contributed by atoms with Crippen LogP contribution in [0.3, 0.4) is 0 Å². The molecule has 2 amide bonds. The van der Waals surface area contributed by atoms with Gasteiger partial charge in [0.05, 0.1) is 17.2 Å². The summed E-state index contributed by atoms with van der Waals surface area (Å²) in [5, 5.41) is 2.89. The molecule has 6 nitrogen and oxygen atoms in total. The average molecular weight is 547 g/mol. The van der Waals surface area contributed by atoms with E-state index >= 15 is 0 Å². The summed E-state index contributed by atoms with van der Waals surface area (Å²) >= 11 is 6.79. The Morgan fingerprint density at radius 3 is 2.45 bits per heavy atom. The summed E-state index contributed by atoms with van der Waals surface area (Å²) in [4.78, 5) is 27.8. The van der Waals surface area contributed by atoms with Crippen LogP contribution in [0, 0.1) is 27.7 Å². The largest absolute Gasteiger partial charge is 0.490 e. The van der Waals surface area contributed by atoms with E-state index in [2.05, 4.69) is 5.32 Å². The van der Waals surface area contributed by atoms with Crippen molar-refractivity contribution in [3.05, 3.63) is 87.3 Å². The number of aryl methyl sites for hydroxylation is 4. The molecular weight excluding hydrogens is 516 g/mol. The van der Waals surface area contributed by atoms with Gasteiger partial charge in [-0.05, 0) is 98.8 Å². The number of nitrogens with zero attached hydrogens (tertiary/aromatic N) is 1. The number of benzene rings is 3. The van der Waals surface area contributed by atoms with Crippen molar-refractivity contribution in [2.24, 2.45) is 0 Å². The second-order valence-corrected chi connectivity index (χ2v) is 10.8. The summed E-state index contributed by atoms with van der Waals surface area (Å²) in [5.74, 6) is 0.512. The van der Waals surface area contributed by atoms with Crippen LogP contribution >= 0.6 is 24.0 Å². The maximum atomic E-state index is 13.2. The highest BCUT2D eigenvalue weighted by molar-refractivity contribution is 8.27. The molecule has 4 rings (SSSR count). The van der Waals surface area contributed by atoms with Gasteiger partial charge >= 0.3 is 0 Å². The molecule has 0 spiro atoms. The molecule has 196 valence electrons. The van der Waals surface area contributed by atoms with Crippen LogP contribution in [0.2, 0.25) is 0 Å². The zero-order chi connectivity index (χ0) is 27.4. The molecule has 0 radical (unpaired) electrons. The van der Waals surface area contributed by atoms with Crippen molar-refractivity contribution in [2.75, 3.05) is 23.4 Å². The van der Waals surface area contributed by atoms with E-state index in [4.69, 9.17) is 21.7 Å². The van der Waals surface area contributed by atoms with Crippen LogP contribution in [0.25, 0.3) is 6.08 Å². The first-order valence-corrected chi connectivity index (χ1v) is 13.5. The van der Waals surface area contributed by atoms with Crippen LogP contribution in [0.5, 0.6) is 11.5 Å². The molecule has 0 bridgehead atoms. The zero-order valence-electron chi connectivity index (χ0n) is 22.1. The lowest BCUT2D eigenvalue weighted by atomic mass is 10.1. The van der Waals surface area contributed by atoms with Gasteiger partial charge in [-0.2, -0.15) is 0 Å². The monoisotopic (exact) mass is 546 g/mol. The van der Waals surface area contributed by atoms with Gasteiger partial charge in [0, 0.05) is 5.69 Å². The molecular formula is C30H30N2O4S2. The lowest BCUT2D eigenvalue weighted by Crippen LogP contribution is -2.27. The Morgan fingerprint density at radius 1 is 0.947 bits per heavy atom. The Balaban J connectivity index is 1.49. The third kappa shape index (κ3) is 6.26. The number of amides is 2. The topological polar surface area (TPSA) is 67.9 Å². The van der Waals surface area contributed by atoms with Gasteiger partial charge in [0.1, 0.15) is 0 Å². The lowest BCUT2D eigenvalue weighted by Gasteiger charge is -2.16. The minimum absolute atomic E-state index is 0.162. The SMILES string of the molecule is CCOc1cc(/C=C2\SC(=S)N(c3ccc(C)c(C)c3)C2=O)ccc1OCC(=O)Nc1cc(C)ccc1C. The van der Waals surface area contributed by atoms with Gasteiger partial charge in [-0.25, -0.2) is 0 Å². The Labute approximate surface area is 233 Å². The van der Waals surface area contributed by atoms with Crippen LogP contribution in [-0.4, -0.2) is 29.3 Å². The van der Waals surface area contributed by atoms with Crippen molar-refractivity contribution in [1.82, 2.24) is 0 Å². The maximum absolute atomic E-state index is 13.2. The number of hydrogen-bond donors (Lipinski definition) is 1. The first kappa shape index (κ1) is 27.4. The number of nitrogens with one attached hydrogen (secondary N) is 1. The predicted molar refractivity (Wildman–Crippen MR) is 159 cm³/mol. The molecule has 0 aliphatic carbocycles. The number of carbonyl (C=O) groups excluding carboxylic acids is 2. The lowest BCUT2D eigenvalue weighted by molar-refractivity contribution is -0.118. The molecule has 1 aliphatic rings. The molecule has 1 aliphatic heterocycles. The zero-order valence-corrected chi connectivity index (χ0v) is 23.7.